The molecule has 0 saturated heterocycles. The van der Waals surface area contributed by atoms with Crippen LogP contribution in [0.2, 0.25) is 52.5 Å². The summed E-state index contributed by atoms with van der Waals surface area (Å²) >= 11 is -3.87. The van der Waals surface area contributed by atoms with Crippen LogP contribution >= 0.6 is 0 Å². The maximum atomic E-state index is 7.21. The predicted octanol–water partition coefficient (Wildman–Crippen LogP) is 27.7. The van der Waals surface area contributed by atoms with Gasteiger partial charge in [0.05, 0.1) is 0 Å². The molecule has 0 N–H and O–H groups in total. The predicted molar refractivity (Wildman–Crippen MR) is 360 cm³/mol. The van der Waals surface area contributed by atoms with E-state index in [0.717, 1.165) is 0 Å². The van der Waals surface area contributed by atoms with Gasteiger partial charge in [-0.3, -0.25) is 0 Å². The Morgan fingerprint density at radius 2 is 0.267 bits per heavy atom. The summed E-state index contributed by atoms with van der Waals surface area (Å²) in [6, 6.07) is 0. The van der Waals surface area contributed by atoms with E-state index in [1.54, 1.807) is 70.0 Å². The van der Waals surface area contributed by atoms with Crippen molar-refractivity contribution in [1.29, 1.82) is 0 Å². The van der Waals surface area contributed by atoms with Crippen molar-refractivity contribution in [3.63, 3.8) is 0 Å². The van der Waals surface area contributed by atoms with Gasteiger partial charge in [-0.25, -0.2) is 0 Å². The Hall–Kier alpha value is 2.13. The Morgan fingerprint density at radius 3 is 0.400 bits per heavy atom. The standard InChI is InChI=1S/C28H60Ge2O.2C21H45Ge/c1-5-9-13-17-21-25-29(26-22-18-14-10-6-2)31-30(27-23-19-15-11-7-3)28-24-20-16-12-8-4;2*1-4-7-10-13-16-19-22(20-17-14-11-8-5-2)21-18-15-12-9-6-3/h5-28H2,1-4H3;2*4-21H2,1-3H3. The molecule has 0 aromatic carbocycles. The number of unbranched alkanes of at least 4 members (excludes halogenated alkanes) is 40. The third kappa shape index (κ3) is 72.2. The van der Waals surface area contributed by atoms with Crippen molar-refractivity contribution in [2.24, 2.45) is 0 Å². The molecular weight excluding hydrogens is 1150 g/mol. The molecule has 0 aromatic heterocycles. The van der Waals surface area contributed by atoms with Crippen LogP contribution in [0.3, 0.4) is 0 Å². The molecule has 0 aliphatic heterocycles. The van der Waals surface area contributed by atoms with Gasteiger partial charge in [0.2, 0.25) is 0 Å². The summed E-state index contributed by atoms with van der Waals surface area (Å²) in [6.45, 7) is 23.3. The first kappa shape index (κ1) is 81.3. The molecule has 0 aromatic rings. The van der Waals surface area contributed by atoms with Crippen molar-refractivity contribution in [2.75, 3.05) is 0 Å². The summed E-state index contributed by atoms with van der Waals surface area (Å²) in [6.07, 6.45) is 73.4. The van der Waals surface area contributed by atoms with E-state index in [1.165, 1.54) is 304 Å². The van der Waals surface area contributed by atoms with Crippen molar-refractivity contribution in [3.8, 4) is 0 Å². The summed E-state index contributed by atoms with van der Waals surface area (Å²) in [5.74, 6) is 0. The monoisotopic (exact) mass is 1300 g/mol. The van der Waals surface area contributed by atoms with E-state index in [4.69, 9.17) is 2.79 Å². The van der Waals surface area contributed by atoms with Crippen molar-refractivity contribution in [3.05, 3.63) is 0 Å². The van der Waals surface area contributed by atoms with E-state index in [9.17, 15) is 0 Å². The second kappa shape index (κ2) is 76.1. The first-order valence-electron chi connectivity index (χ1n) is 36.0. The van der Waals surface area contributed by atoms with Crippen LogP contribution in [0.15, 0.2) is 0 Å². The topological polar surface area (TPSA) is 9.23 Å². The van der Waals surface area contributed by atoms with Gasteiger partial charge in [0.1, 0.15) is 0 Å². The minimum atomic E-state index is -1.26. The molecule has 5 heteroatoms. The summed E-state index contributed by atoms with van der Waals surface area (Å²) in [5.41, 5.74) is 0. The molecule has 452 valence electrons. The fraction of sp³-hybridized carbons (Fsp3) is 1.00. The number of rotatable bonds is 62. The fourth-order valence-electron chi connectivity index (χ4n) is 11.0. The van der Waals surface area contributed by atoms with Gasteiger partial charge in [0.15, 0.2) is 0 Å². The van der Waals surface area contributed by atoms with Gasteiger partial charge in [-0.2, -0.15) is 0 Å². The Kier molecular flexibility index (Phi) is 82.6. The minimum absolute atomic E-state index is 0.675. The van der Waals surface area contributed by atoms with Gasteiger partial charge in [-0.1, -0.05) is 0 Å². The van der Waals surface area contributed by atoms with Crippen LogP contribution in [0, 0.1) is 0 Å². The normalized spacial score (nSPS) is 11.6. The van der Waals surface area contributed by atoms with Crippen LogP contribution in [0.4, 0.5) is 0 Å². The van der Waals surface area contributed by atoms with Crippen molar-refractivity contribution < 1.29 is 2.79 Å². The zero-order chi connectivity index (χ0) is 55.4. The molecule has 0 fully saturated rings. The van der Waals surface area contributed by atoms with E-state index in [0.29, 0.717) is 0 Å². The molecule has 0 spiro atoms. The van der Waals surface area contributed by atoms with Crippen molar-refractivity contribution >= 4 is 58.1 Å². The Morgan fingerprint density at radius 1 is 0.147 bits per heavy atom. The van der Waals surface area contributed by atoms with Gasteiger partial charge in [-0.05, 0) is 0 Å². The SMILES string of the molecule is CCCCCC[CH2][Ge]([CH2]CCCCCC)[CH2]CCCCCC.CCCCCC[CH2][Ge]([CH2]CCCCCC)[CH2]CCCCCC.CCCCCC[CH2][Ge]([CH2]CCCCCC)[O][Ge]([CH2]CCCCCC)[CH2]CCCCCC. The third-order valence-electron chi connectivity index (χ3n) is 16.3. The second-order valence-electron chi connectivity index (χ2n) is 24.3. The van der Waals surface area contributed by atoms with Crippen LogP contribution < -0.4 is 0 Å². The maximum absolute atomic E-state index is 7.21. The summed E-state index contributed by atoms with van der Waals surface area (Å²) in [7, 11) is 0. The second-order valence-corrected chi connectivity index (χ2v) is 48.3. The van der Waals surface area contributed by atoms with E-state index in [2.05, 4.69) is 69.2 Å². The van der Waals surface area contributed by atoms with Crippen LogP contribution in [0.25, 0.3) is 0 Å². The summed E-state index contributed by atoms with van der Waals surface area (Å²) in [4.78, 5) is 0. The fourth-order valence-corrected chi connectivity index (χ4v) is 40.6. The molecule has 0 rings (SSSR count). The van der Waals surface area contributed by atoms with E-state index < -0.39 is 58.1 Å². The summed E-state index contributed by atoms with van der Waals surface area (Å²) in [5, 5.41) is 16.2. The zero-order valence-electron chi connectivity index (χ0n) is 54.8. The molecule has 0 bridgehead atoms. The van der Waals surface area contributed by atoms with Crippen LogP contribution in [0.1, 0.15) is 390 Å². The summed E-state index contributed by atoms with van der Waals surface area (Å²) < 4.78 is 7.21. The molecular formula is C70H150Ge4O. The molecule has 0 heterocycles. The van der Waals surface area contributed by atoms with E-state index in [-0.39, 0.29) is 0 Å². The van der Waals surface area contributed by atoms with Crippen LogP contribution in [-0.4, -0.2) is 58.1 Å². The van der Waals surface area contributed by atoms with E-state index in [1.807, 2.05) is 0 Å². The molecule has 0 atom stereocenters. The Balaban J connectivity index is -0.00000106. The van der Waals surface area contributed by atoms with Gasteiger partial charge in [0.25, 0.3) is 0 Å². The Bertz CT molecular complexity index is 767. The van der Waals surface area contributed by atoms with Crippen LogP contribution in [0.5, 0.6) is 0 Å². The Labute approximate surface area is 499 Å². The van der Waals surface area contributed by atoms with Crippen molar-refractivity contribution in [2.45, 2.75) is 443 Å². The van der Waals surface area contributed by atoms with Gasteiger partial charge in [0, 0.05) is 0 Å². The van der Waals surface area contributed by atoms with Crippen molar-refractivity contribution in [1.82, 2.24) is 0 Å². The number of hydrogen-bond donors (Lipinski definition) is 0. The van der Waals surface area contributed by atoms with Gasteiger partial charge in [-0.15, -0.1) is 0 Å². The first-order valence-corrected chi connectivity index (χ1v) is 52.6. The zero-order valence-corrected chi connectivity index (χ0v) is 63.2. The average molecular weight is 1300 g/mol. The van der Waals surface area contributed by atoms with Crippen LogP contribution in [-0.2, 0) is 2.79 Å². The molecule has 0 unspecified atom stereocenters. The molecule has 0 saturated carbocycles. The molecule has 75 heavy (non-hydrogen) atoms. The number of hydrogen-bond acceptors (Lipinski definition) is 1. The molecule has 4 radical (unpaired) electrons. The molecule has 0 aliphatic rings. The molecule has 1 nitrogen and oxygen atoms in total. The molecule has 0 amide bonds. The average Bonchev–Trinajstić information content (AvgIpc) is 3.42. The third-order valence-corrected chi connectivity index (χ3v) is 44.8. The first-order chi connectivity index (χ1) is 37.0. The van der Waals surface area contributed by atoms with Gasteiger partial charge < -0.3 is 0 Å². The molecule has 0 aliphatic carbocycles. The quantitative estimate of drug-likeness (QED) is 0.0436. The van der Waals surface area contributed by atoms with E-state index >= 15 is 0 Å². The van der Waals surface area contributed by atoms with Gasteiger partial charge >= 0.3 is 504 Å².